The second kappa shape index (κ2) is 6.36. The summed E-state index contributed by atoms with van der Waals surface area (Å²) in [5.41, 5.74) is 2.94. The van der Waals surface area contributed by atoms with E-state index in [9.17, 15) is 4.79 Å². The van der Waals surface area contributed by atoms with Gasteiger partial charge in [0.15, 0.2) is 0 Å². The van der Waals surface area contributed by atoms with Crippen LogP contribution in [0, 0.1) is 6.92 Å². The molecule has 0 atom stereocenters. The fourth-order valence-corrected chi connectivity index (χ4v) is 2.91. The molecule has 0 radical (unpaired) electrons. The molecule has 5 heteroatoms. The monoisotopic (exact) mass is 315 g/mol. The molecule has 1 saturated heterocycles. The summed E-state index contributed by atoms with van der Waals surface area (Å²) in [6.07, 6.45) is 1.59. The number of aryl methyl sites for hydroxylation is 1. The Morgan fingerprint density at radius 1 is 1.14 bits per heavy atom. The van der Waals surface area contributed by atoms with Gasteiger partial charge in [-0.25, -0.2) is 4.98 Å². The third kappa shape index (κ3) is 3.07. The van der Waals surface area contributed by atoms with Gasteiger partial charge in [-0.2, -0.15) is 0 Å². The van der Waals surface area contributed by atoms with Crippen molar-refractivity contribution < 1.29 is 4.79 Å². The van der Waals surface area contributed by atoms with E-state index < -0.39 is 0 Å². The van der Waals surface area contributed by atoms with Gasteiger partial charge in [-0.1, -0.05) is 23.7 Å². The molecule has 22 heavy (non-hydrogen) atoms. The van der Waals surface area contributed by atoms with Crippen molar-refractivity contribution in [3.05, 3.63) is 58.9 Å². The number of amides is 1. The molecule has 3 rings (SSSR count). The van der Waals surface area contributed by atoms with Crippen molar-refractivity contribution in [3.8, 4) is 0 Å². The first-order chi connectivity index (χ1) is 10.6. The molecule has 0 aliphatic carbocycles. The molecule has 1 aliphatic heterocycles. The van der Waals surface area contributed by atoms with Crippen LogP contribution in [-0.4, -0.2) is 42.0 Å². The number of pyridine rings is 1. The largest absolute Gasteiger partial charge is 0.368 e. The lowest BCUT2D eigenvalue weighted by molar-refractivity contribution is 0.0746. The van der Waals surface area contributed by atoms with Gasteiger partial charge in [-0.05, 0) is 36.8 Å². The molecule has 0 saturated carbocycles. The molecule has 114 valence electrons. The predicted molar refractivity (Wildman–Crippen MR) is 88.5 cm³/mol. The Bertz CT molecular complexity index is 681. The van der Waals surface area contributed by atoms with Crippen molar-refractivity contribution in [2.45, 2.75) is 6.92 Å². The number of carbonyl (C=O) groups is 1. The van der Waals surface area contributed by atoms with Crippen molar-refractivity contribution in [3.63, 3.8) is 0 Å². The highest BCUT2D eigenvalue weighted by Crippen LogP contribution is 2.20. The highest BCUT2D eigenvalue weighted by atomic mass is 35.5. The van der Waals surface area contributed by atoms with Gasteiger partial charge in [0.25, 0.3) is 5.91 Å². The molecule has 2 aromatic rings. The van der Waals surface area contributed by atoms with Gasteiger partial charge in [0.1, 0.15) is 5.15 Å². The van der Waals surface area contributed by atoms with Crippen LogP contribution in [0.5, 0.6) is 0 Å². The lowest BCUT2D eigenvalue weighted by Crippen LogP contribution is -2.48. The van der Waals surface area contributed by atoms with Crippen LogP contribution in [0.1, 0.15) is 15.9 Å². The molecule has 1 aliphatic rings. The van der Waals surface area contributed by atoms with Crippen molar-refractivity contribution in [1.82, 2.24) is 9.88 Å². The van der Waals surface area contributed by atoms with Crippen LogP contribution in [0.2, 0.25) is 5.15 Å². The summed E-state index contributed by atoms with van der Waals surface area (Å²) in [5.74, 6) is -0.0398. The number of nitrogens with zero attached hydrogens (tertiary/aromatic N) is 3. The van der Waals surface area contributed by atoms with Gasteiger partial charge < -0.3 is 9.80 Å². The van der Waals surface area contributed by atoms with E-state index >= 15 is 0 Å². The minimum absolute atomic E-state index is 0.0398. The topological polar surface area (TPSA) is 36.4 Å². The highest BCUT2D eigenvalue weighted by Gasteiger charge is 2.23. The average molecular weight is 316 g/mol. The summed E-state index contributed by atoms with van der Waals surface area (Å²) in [7, 11) is 0. The Balaban J connectivity index is 1.67. The molecule has 1 aromatic carbocycles. The quantitative estimate of drug-likeness (QED) is 0.799. The summed E-state index contributed by atoms with van der Waals surface area (Å²) >= 11 is 6.01. The summed E-state index contributed by atoms with van der Waals surface area (Å²) in [5, 5.41) is 0.272. The Morgan fingerprint density at radius 3 is 2.59 bits per heavy atom. The number of anilines is 1. The second-order valence-corrected chi connectivity index (χ2v) is 5.82. The SMILES string of the molecule is Cc1cccc(N2CCN(C(=O)c3cccnc3Cl)CC2)c1. The molecular weight excluding hydrogens is 298 g/mol. The van der Waals surface area contributed by atoms with Crippen molar-refractivity contribution in [2.75, 3.05) is 31.1 Å². The third-order valence-corrected chi connectivity index (χ3v) is 4.22. The zero-order chi connectivity index (χ0) is 15.5. The minimum atomic E-state index is -0.0398. The molecule has 1 aromatic heterocycles. The van der Waals surface area contributed by atoms with E-state index in [0.29, 0.717) is 18.7 Å². The van der Waals surface area contributed by atoms with Crippen LogP contribution in [-0.2, 0) is 0 Å². The molecule has 1 amide bonds. The fourth-order valence-electron chi connectivity index (χ4n) is 2.71. The molecule has 2 heterocycles. The maximum atomic E-state index is 12.5. The number of hydrogen-bond acceptors (Lipinski definition) is 3. The summed E-state index contributed by atoms with van der Waals surface area (Å²) in [4.78, 5) is 20.6. The number of carbonyl (C=O) groups excluding carboxylic acids is 1. The lowest BCUT2D eigenvalue weighted by atomic mass is 10.1. The van der Waals surface area contributed by atoms with Crippen LogP contribution in [0.3, 0.4) is 0 Å². The molecular formula is C17H18ClN3O. The first kappa shape index (κ1) is 14.9. The van der Waals surface area contributed by atoms with Gasteiger partial charge >= 0.3 is 0 Å². The third-order valence-electron chi connectivity index (χ3n) is 3.92. The zero-order valence-corrected chi connectivity index (χ0v) is 13.3. The minimum Gasteiger partial charge on any atom is -0.368 e. The van der Waals surface area contributed by atoms with E-state index in [1.807, 2.05) is 4.90 Å². The van der Waals surface area contributed by atoms with Crippen LogP contribution < -0.4 is 4.90 Å². The van der Waals surface area contributed by atoms with Crippen LogP contribution in [0.15, 0.2) is 42.6 Å². The Kier molecular flexibility index (Phi) is 4.29. The van der Waals surface area contributed by atoms with Gasteiger partial charge in [-0.15, -0.1) is 0 Å². The average Bonchev–Trinajstić information content (AvgIpc) is 2.55. The Hall–Kier alpha value is -2.07. The molecule has 0 unspecified atom stereocenters. The smallest absolute Gasteiger partial charge is 0.257 e. The van der Waals surface area contributed by atoms with Gasteiger partial charge in [0, 0.05) is 38.1 Å². The number of benzene rings is 1. The first-order valence-electron chi connectivity index (χ1n) is 7.36. The van der Waals surface area contributed by atoms with Crippen LogP contribution >= 0.6 is 11.6 Å². The maximum Gasteiger partial charge on any atom is 0.257 e. The Labute approximate surface area is 135 Å². The molecule has 0 N–H and O–H groups in total. The highest BCUT2D eigenvalue weighted by molar-refractivity contribution is 6.32. The Morgan fingerprint density at radius 2 is 1.91 bits per heavy atom. The van der Waals surface area contributed by atoms with Crippen molar-refractivity contribution in [2.24, 2.45) is 0 Å². The first-order valence-corrected chi connectivity index (χ1v) is 7.74. The number of halogens is 1. The molecule has 0 bridgehead atoms. The van der Waals surface area contributed by atoms with E-state index in [4.69, 9.17) is 11.6 Å². The number of rotatable bonds is 2. The normalized spacial score (nSPS) is 15.0. The number of piperazine rings is 1. The summed E-state index contributed by atoms with van der Waals surface area (Å²) < 4.78 is 0. The maximum absolute atomic E-state index is 12.5. The van der Waals surface area contributed by atoms with Crippen LogP contribution in [0.4, 0.5) is 5.69 Å². The van der Waals surface area contributed by atoms with E-state index in [-0.39, 0.29) is 11.1 Å². The second-order valence-electron chi connectivity index (χ2n) is 5.46. The van der Waals surface area contributed by atoms with E-state index in [2.05, 4.69) is 41.1 Å². The van der Waals surface area contributed by atoms with Gasteiger partial charge in [-0.3, -0.25) is 4.79 Å². The van der Waals surface area contributed by atoms with E-state index in [0.717, 1.165) is 13.1 Å². The summed E-state index contributed by atoms with van der Waals surface area (Å²) in [6, 6.07) is 11.9. The standard InChI is InChI=1S/C17H18ClN3O/c1-13-4-2-5-14(12-13)20-8-10-21(11-9-20)17(22)15-6-3-7-19-16(15)18/h2-7,12H,8-11H2,1H3. The predicted octanol–water partition coefficient (Wildman–Crippen LogP) is 3.01. The molecule has 1 fully saturated rings. The molecule has 4 nitrogen and oxygen atoms in total. The van der Waals surface area contributed by atoms with E-state index in [1.54, 1.807) is 18.3 Å². The molecule has 0 spiro atoms. The van der Waals surface area contributed by atoms with Crippen LogP contribution in [0.25, 0.3) is 0 Å². The van der Waals surface area contributed by atoms with Crippen molar-refractivity contribution >= 4 is 23.2 Å². The number of hydrogen-bond donors (Lipinski definition) is 0. The van der Waals surface area contributed by atoms with Gasteiger partial charge in [0.2, 0.25) is 0 Å². The summed E-state index contributed by atoms with van der Waals surface area (Å²) in [6.45, 7) is 5.13. The fraction of sp³-hybridized carbons (Fsp3) is 0.294. The lowest BCUT2D eigenvalue weighted by Gasteiger charge is -2.36. The number of aromatic nitrogens is 1. The zero-order valence-electron chi connectivity index (χ0n) is 12.5. The van der Waals surface area contributed by atoms with Gasteiger partial charge in [0.05, 0.1) is 5.56 Å². The van der Waals surface area contributed by atoms with Crippen molar-refractivity contribution in [1.29, 1.82) is 0 Å². The van der Waals surface area contributed by atoms with E-state index in [1.165, 1.54) is 11.3 Å².